The Morgan fingerprint density at radius 2 is 1.75 bits per heavy atom. The summed E-state index contributed by atoms with van der Waals surface area (Å²) >= 11 is 0. The molecule has 0 aromatic heterocycles. The van der Waals surface area contributed by atoms with Crippen molar-refractivity contribution in [1.82, 2.24) is 10.2 Å². The van der Waals surface area contributed by atoms with Crippen molar-refractivity contribution in [3.63, 3.8) is 0 Å². The number of rotatable bonds is 4. The van der Waals surface area contributed by atoms with Crippen molar-refractivity contribution in [1.29, 1.82) is 0 Å². The smallest absolute Gasteiger partial charge is 0.410 e. The Kier molecular flexibility index (Phi) is 6.11. The number of aryl methyl sites for hydroxylation is 1. The number of ether oxygens (including phenoxy) is 1. The number of hydrogen-bond acceptors (Lipinski definition) is 3. The lowest BCUT2D eigenvalue weighted by molar-refractivity contribution is 0.0270. The first-order chi connectivity index (χ1) is 17.2. The zero-order valence-electron chi connectivity index (χ0n) is 21.6. The van der Waals surface area contributed by atoms with E-state index >= 15 is 0 Å². The molecule has 1 heterocycles. The Morgan fingerprint density at radius 1 is 1.00 bits per heavy atom. The number of carbonyl (C=O) groups excluding carboxylic acids is 2. The van der Waals surface area contributed by atoms with Crippen LogP contribution in [0.5, 0.6) is 0 Å². The number of fused-ring (bicyclic) bond motifs is 1. The topological polar surface area (TPSA) is 58.6 Å². The highest BCUT2D eigenvalue weighted by Gasteiger charge is 2.46. The van der Waals surface area contributed by atoms with Crippen LogP contribution in [0.3, 0.4) is 0 Å². The summed E-state index contributed by atoms with van der Waals surface area (Å²) < 4.78 is 5.50. The third-order valence-corrected chi connectivity index (χ3v) is 7.12. The lowest BCUT2D eigenvalue weighted by Gasteiger charge is -2.29. The standard InChI is InChI=1S/C31H34N2O3/c1-21-12-13-24(22-14-18-33(19-15-22)29(35)36-30(2,3)4)20-26(21)28(34)32-31(16-17-31)27-11-7-9-23-8-5-6-10-25(23)27/h5-14,20H,15-19H2,1-4H3,(H,32,34). The highest BCUT2D eigenvalue weighted by Crippen LogP contribution is 2.48. The van der Waals surface area contributed by atoms with Gasteiger partial charge in [-0.15, -0.1) is 0 Å². The number of amides is 2. The van der Waals surface area contributed by atoms with Gasteiger partial charge in [0.05, 0.1) is 5.54 Å². The van der Waals surface area contributed by atoms with Crippen molar-refractivity contribution in [2.45, 2.75) is 58.1 Å². The molecular weight excluding hydrogens is 448 g/mol. The fourth-order valence-corrected chi connectivity index (χ4v) is 5.00. The second-order valence-electron chi connectivity index (χ2n) is 11.0. The van der Waals surface area contributed by atoms with Gasteiger partial charge in [-0.05, 0) is 86.1 Å². The van der Waals surface area contributed by atoms with E-state index in [-0.39, 0.29) is 17.5 Å². The van der Waals surface area contributed by atoms with Gasteiger partial charge in [0.25, 0.3) is 5.91 Å². The number of hydrogen-bond donors (Lipinski definition) is 1. The van der Waals surface area contributed by atoms with Gasteiger partial charge in [-0.25, -0.2) is 4.79 Å². The summed E-state index contributed by atoms with van der Waals surface area (Å²) in [7, 11) is 0. The Balaban J connectivity index is 1.34. The Labute approximate surface area is 213 Å². The van der Waals surface area contributed by atoms with Crippen LogP contribution in [0.4, 0.5) is 4.79 Å². The summed E-state index contributed by atoms with van der Waals surface area (Å²) in [6, 6.07) is 20.8. The van der Waals surface area contributed by atoms with Gasteiger partial charge in [0.1, 0.15) is 5.60 Å². The summed E-state index contributed by atoms with van der Waals surface area (Å²) in [6.07, 6.45) is 4.39. The molecule has 0 saturated heterocycles. The summed E-state index contributed by atoms with van der Waals surface area (Å²) in [5, 5.41) is 5.77. The molecule has 5 nitrogen and oxygen atoms in total. The first kappa shape index (κ1) is 24.1. The first-order valence-corrected chi connectivity index (χ1v) is 12.7. The molecule has 5 rings (SSSR count). The van der Waals surface area contributed by atoms with E-state index < -0.39 is 5.60 Å². The number of nitrogens with zero attached hydrogens (tertiary/aromatic N) is 1. The van der Waals surface area contributed by atoms with Crippen LogP contribution in [0.2, 0.25) is 0 Å². The number of carbonyl (C=O) groups is 2. The first-order valence-electron chi connectivity index (χ1n) is 12.7. The average Bonchev–Trinajstić information content (AvgIpc) is 3.63. The van der Waals surface area contributed by atoms with E-state index in [1.165, 1.54) is 16.3 Å². The molecule has 0 radical (unpaired) electrons. The normalized spacial score (nSPS) is 16.9. The van der Waals surface area contributed by atoms with Crippen LogP contribution in [0.15, 0.2) is 66.7 Å². The molecule has 0 atom stereocenters. The van der Waals surface area contributed by atoms with Gasteiger partial charge >= 0.3 is 6.09 Å². The van der Waals surface area contributed by atoms with Gasteiger partial charge in [0.2, 0.25) is 0 Å². The third kappa shape index (κ3) is 4.88. The van der Waals surface area contributed by atoms with Gasteiger partial charge in [-0.1, -0.05) is 60.7 Å². The predicted molar refractivity (Wildman–Crippen MR) is 144 cm³/mol. The van der Waals surface area contributed by atoms with E-state index in [0.29, 0.717) is 18.7 Å². The van der Waals surface area contributed by atoms with Crippen molar-refractivity contribution >= 4 is 28.3 Å². The van der Waals surface area contributed by atoms with Gasteiger partial charge in [-0.2, -0.15) is 0 Å². The summed E-state index contributed by atoms with van der Waals surface area (Å²) in [5.41, 5.74) is 4.22. The van der Waals surface area contributed by atoms with Crippen LogP contribution in [0, 0.1) is 6.92 Å². The van der Waals surface area contributed by atoms with E-state index in [1.54, 1.807) is 4.90 Å². The highest BCUT2D eigenvalue weighted by molar-refractivity contribution is 5.98. The average molecular weight is 483 g/mol. The van der Waals surface area contributed by atoms with Crippen molar-refractivity contribution < 1.29 is 14.3 Å². The van der Waals surface area contributed by atoms with Crippen molar-refractivity contribution in [3.8, 4) is 0 Å². The van der Waals surface area contributed by atoms with Crippen LogP contribution in [-0.2, 0) is 10.3 Å². The lowest BCUT2D eigenvalue weighted by atomic mass is 9.94. The molecule has 0 bridgehead atoms. The molecular formula is C31H34N2O3. The second-order valence-corrected chi connectivity index (χ2v) is 11.0. The fraction of sp³-hybridized carbons (Fsp3) is 0.355. The molecule has 2 amide bonds. The molecule has 3 aromatic carbocycles. The summed E-state index contributed by atoms with van der Waals surface area (Å²) in [6.45, 7) is 8.71. The van der Waals surface area contributed by atoms with Crippen molar-refractivity contribution in [2.24, 2.45) is 0 Å². The van der Waals surface area contributed by atoms with Crippen LogP contribution >= 0.6 is 0 Å². The minimum Gasteiger partial charge on any atom is -0.444 e. The van der Waals surface area contributed by atoms with Crippen LogP contribution in [0.25, 0.3) is 16.3 Å². The molecule has 1 aliphatic carbocycles. The lowest BCUT2D eigenvalue weighted by Crippen LogP contribution is -2.39. The molecule has 1 fully saturated rings. The van der Waals surface area contributed by atoms with E-state index in [2.05, 4.69) is 53.9 Å². The minimum atomic E-state index is -0.509. The zero-order valence-corrected chi connectivity index (χ0v) is 21.6. The van der Waals surface area contributed by atoms with Gasteiger partial charge in [0.15, 0.2) is 0 Å². The molecule has 36 heavy (non-hydrogen) atoms. The van der Waals surface area contributed by atoms with Crippen LogP contribution in [0.1, 0.15) is 67.1 Å². The quantitative estimate of drug-likeness (QED) is 0.456. The Hall–Kier alpha value is -3.60. The predicted octanol–water partition coefficient (Wildman–Crippen LogP) is 6.59. The molecule has 0 spiro atoms. The number of benzene rings is 3. The molecule has 5 heteroatoms. The maximum atomic E-state index is 13.5. The van der Waals surface area contributed by atoms with E-state index in [9.17, 15) is 9.59 Å². The molecule has 186 valence electrons. The SMILES string of the molecule is Cc1ccc(C2=CCN(C(=O)OC(C)(C)C)CC2)cc1C(=O)NC1(c2cccc3ccccc23)CC1. The largest absolute Gasteiger partial charge is 0.444 e. The molecule has 0 unspecified atom stereocenters. The molecule has 1 N–H and O–H groups in total. The fourth-order valence-electron chi connectivity index (χ4n) is 5.00. The minimum absolute atomic E-state index is 0.0356. The van der Waals surface area contributed by atoms with E-state index in [1.807, 2.05) is 45.9 Å². The molecule has 2 aliphatic rings. The molecule has 1 saturated carbocycles. The maximum absolute atomic E-state index is 13.5. The van der Waals surface area contributed by atoms with Crippen LogP contribution in [-0.4, -0.2) is 35.6 Å². The highest BCUT2D eigenvalue weighted by atomic mass is 16.6. The molecule has 1 aliphatic heterocycles. The van der Waals surface area contributed by atoms with Crippen LogP contribution < -0.4 is 5.32 Å². The monoisotopic (exact) mass is 482 g/mol. The van der Waals surface area contributed by atoms with Gasteiger partial charge in [-0.3, -0.25) is 4.79 Å². The second kappa shape index (κ2) is 9.12. The van der Waals surface area contributed by atoms with E-state index in [0.717, 1.165) is 36.0 Å². The molecule has 3 aromatic rings. The van der Waals surface area contributed by atoms with Gasteiger partial charge in [0, 0.05) is 18.7 Å². The summed E-state index contributed by atoms with van der Waals surface area (Å²) in [5.74, 6) is -0.0356. The third-order valence-electron chi connectivity index (χ3n) is 7.12. The maximum Gasteiger partial charge on any atom is 0.410 e. The Morgan fingerprint density at radius 3 is 2.44 bits per heavy atom. The van der Waals surface area contributed by atoms with Crippen molar-refractivity contribution in [3.05, 3.63) is 89.0 Å². The van der Waals surface area contributed by atoms with Crippen molar-refractivity contribution in [2.75, 3.05) is 13.1 Å². The Bertz CT molecular complexity index is 1360. The number of nitrogens with one attached hydrogen (secondary N) is 1. The zero-order chi connectivity index (χ0) is 25.5. The van der Waals surface area contributed by atoms with Gasteiger partial charge < -0.3 is 15.0 Å². The van der Waals surface area contributed by atoms with E-state index in [4.69, 9.17) is 4.74 Å². The summed E-state index contributed by atoms with van der Waals surface area (Å²) in [4.78, 5) is 27.7.